The molecule has 0 aliphatic carbocycles. The summed E-state index contributed by atoms with van der Waals surface area (Å²) in [6.45, 7) is 7.49. The van der Waals surface area contributed by atoms with Gasteiger partial charge in [-0.05, 0) is 19.3 Å². The third kappa shape index (κ3) is 4.10. The Bertz CT molecular complexity index is 388. The molecule has 0 bridgehead atoms. The smallest absolute Gasteiger partial charge is 0.360 e. The molecule has 0 aliphatic heterocycles. The van der Waals surface area contributed by atoms with Crippen molar-refractivity contribution in [2.75, 3.05) is 20.3 Å². The molecule has 6 heteroatoms. The summed E-state index contributed by atoms with van der Waals surface area (Å²) in [4.78, 5) is 11.7. The van der Waals surface area contributed by atoms with E-state index in [0.717, 1.165) is 18.7 Å². The summed E-state index contributed by atoms with van der Waals surface area (Å²) < 4.78 is 11.6. The fraction of sp³-hybridized carbons (Fsp3) is 0.750. The van der Waals surface area contributed by atoms with Gasteiger partial charge in [-0.2, -0.15) is 0 Å². The lowest BCUT2D eigenvalue weighted by atomic mass is 10.1. The van der Waals surface area contributed by atoms with Gasteiger partial charge < -0.3 is 9.47 Å². The first-order valence-electron chi connectivity index (χ1n) is 6.12. The minimum absolute atomic E-state index is 0.230. The number of aryl methyl sites for hydroxylation is 1. The van der Waals surface area contributed by atoms with E-state index in [2.05, 4.69) is 24.2 Å². The summed E-state index contributed by atoms with van der Waals surface area (Å²) in [6.07, 6.45) is 1.00. The number of ether oxygens (including phenoxy) is 2. The topological polar surface area (TPSA) is 66.2 Å². The van der Waals surface area contributed by atoms with E-state index in [1.165, 1.54) is 0 Å². The molecule has 0 N–H and O–H groups in total. The van der Waals surface area contributed by atoms with Crippen molar-refractivity contribution in [2.45, 2.75) is 33.7 Å². The molecule has 0 fully saturated rings. The summed E-state index contributed by atoms with van der Waals surface area (Å²) in [7, 11) is 1.56. The summed E-state index contributed by atoms with van der Waals surface area (Å²) >= 11 is 0. The fourth-order valence-corrected chi connectivity index (χ4v) is 1.43. The van der Waals surface area contributed by atoms with Crippen LogP contribution >= 0.6 is 0 Å². The maximum absolute atomic E-state index is 11.7. The second-order valence-electron chi connectivity index (χ2n) is 4.56. The molecular formula is C12H21N3O3. The Hall–Kier alpha value is -1.43. The number of carbonyl (C=O) groups excluding carboxylic acids is 1. The average Bonchev–Trinajstić information content (AvgIpc) is 2.68. The van der Waals surface area contributed by atoms with Gasteiger partial charge in [-0.15, -0.1) is 5.10 Å². The molecule has 0 aromatic carbocycles. The summed E-state index contributed by atoms with van der Waals surface area (Å²) in [5.74, 6) is 0.144. The molecule has 1 heterocycles. The van der Waals surface area contributed by atoms with Gasteiger partial charge in [0, 0.05) is 13.7 Å². The quantitative estimate of drug-likeness (QED) is 0.545. The van der Waals surface area contributed by atoms with E-state index in [-0.39, 0.29) is 12.3 Å². The number of methoxy groups -OCH3 is 1. The Morgan fingerprint density at radius 2 is 2.11 bits per heavy atom. The molecule has 0 aliphatic rings. The van der Waals surface area contributed by atoms with Crippen LogP contribution in [0.25, 0.3) is 0 Å². The van der Waals surface area contributed by atoms with Crippen molar-refractivity contribution in [1.82, 2.24) is 15.0 Å². The largest absolute Gasteiger partial charge is 0.458 e. The first-order chi connectivity index (χ1) is 8.56. The lowest BCUT2D eigenvalue weighted by molar-refractivity contribution is 0.0380. The highest BCUT2D eigenvalue weighted by Gasteiger charge is 2.17. The third-order valence-corrected chi connectivity index (χ3v) is 2.61. The number of esters is 1. The zero-order chi connectivity index (χ0) is 13.5. The van der Waals surface area contributed by atoms with Gasteiger partial charge in [0.05, 0.1) is 12.3 Å². The van der Waals surface area contributed by atoms with Gasteiger partial charge in [0.1, 0.15) is 6.61 Å². The maximum Gasteiger partial charge on any atom is 0.360 e. The zero-order valence-corrected chi connectivity index (χ0v) is 11.5. The highest BCUT2D eigenvalue weighted by atomic mass is 16.6. The molecular weight excluding hydrogens is 234 g/mol. The van der Waals surface area contributed by atoms with Gasteiger partial charge in [-0.25, -0.2) is 9.48 Å². The van der Waals surface area contributed by atoms with Gasteiger partial charge in [0.15, 0.2) is 5.69 Å². The number of nitrogens with zero attached hydrogens (tertiary/aromatic N) is 3. The molecule has 0 radical (unpaired) electrons. The predicted molar refractivity (Wildman–Crippen MR) is 66.4 cm³/mol. The van der Waals surface area contributed by atoms with Crippen LogP contribution in [0.1, 0.15) is 36.5 Å². The second kappa shape index (κ2) is 7.10. The normalized spacial score (nSPS) is 10.9. The molecule has 18 heavy (non-hydrogen) atoms. The molecule has 0 saturated heterocycles. The Balaban J connectivity index is 2.59. The van der Waals surface area contributed by atoms with Crippen LogP contribution in [0.2, 0.25) is 0 Å². The third-order valence-electron chi connectivity index (χ3n) is 2.61. The van der Waals surface area contributed by atoms with E-state index in [1.807, 2.05) is 6.92 Å². The lowest BCUT2D eigenvalue weighted by Crippen LogP contribution is -2.12. The van der Waals surface area contributed by atoms with Crippen molar-refractivity contribution in [3.63, 3.8) is 0 Å². The van der Waals surface area contributed by atoms with Crippen LogP contribution in [-0.4, -0.2) is 41.3 Å². The first kappa shape index (κ1) is 14.6. The van der Waals surface area contributed by atoms with Crippen molar-refractivity contribution < 1.29 is 14.3 Å². The minimum Gasteiger partial charge on any atom is -0.458 e. The molecule has 6 nitrogen and oxygen atoms in total. The van der Waals surface area contributed by atoms with Crippen molar-refractivity contribution in [3.8, 4) is 0 Å². The lowest BCUT2D eigenvalue weighted by Gasteiger charge is -2.06. The molecule has 102 valence electrons. The van der Waals surface area contributed by atoms with Crippen LogP contribution in [0.4, 0.5) is 0 Å². The zero-order valence-electron chi connectivity index (χ0n) is 11.5. The highest BCUT2D eigenvalue weighted by Crippen LogP contribution is 2.08. The number of rotatable bonds is 7. The van der Waals surface area contributed by atoms with Crippen molar-refractivity contribution >= 4 is 5.97 Å². The van der Waals surface area contributed by atoms with Gasteiger partial charge in [0.2, 0.25) is 0 Å². The molecule has 0 saturated carbocycles. The average molecular weight is 255 g/mol. The predicted octanol–water partition coefficient (Wildman–Crippen LogP) is 1.44. The summed E-state index contributed by atoms with van der Waals surface area (Å²) in [5.41, 5.74) is 1.04. The molecule has 1 rings (SSSR count). The van der Waals surface area contributed by atoms with Crippen LogP contribution in [0.3, 0.4) is 0 Å². The Labute approximate surface area is 107 Å². The van der Waals surface area contributed by atoms with Crippen molar-refractivity contribution in [1.29, 1.82) is 0 Å². The van der Waals surface area contributed by atoms with E-state index in [0.29, 0.717) is 12.5 Å². The molecule has 0 amide bonds. The summed E-state index contributed by atoms with van der Waals surface area (Å²) in [6, 6.07) is 0. The van der Waals surface area contributed by atoms with E-state index < -0.39 is 5.97 Å². The van der Waals surface area contributed by atoms with Crippen LogP contribution in [0.15, 0.2) is 0 Å². The van der Waals surface area contributed by atoms with Gasteiger partial charge in [0.25, 0.3) is 0 Å². The first-order valence-corrected chi connectivity index (χ1v) is 6.12. The number of hydrogen-bond donors (Lipinski definition) is 0. The molecule has 0 atom stereocenters. The van der Waals surface area contributed by atoms with Crippen LogP contribution in [0.5, 0.6) is 0 Å². The van der Waals surface area contributed by atoms with Gasteiger partial charge >= 0.3 is 5.97 Å². The van der Waals surface area contributed by atoms with E-state index >= 15 is 0 Å². The highest BCUT2D eigenvalue weighted by molar-refractivity contribution is 5.88. The Kier molecular flexibility index (Phi) is 5.77. The van der Waals surface area contributed by atoms with E-state index in [4.69, 9.17) is 9.47 Å². The monoisotopic (exact) mass is 255 g/mol. The minimum atomic E-state index is -0.444. The number of carbonyl (C=O) groups is 1. The standard InChI is InChI=1S/C12H21N3O3/c1-9(2)5-6-15-10(3)11(13-14-15)12(16)18-8-7-17-4/h9H,5-8H2,1-4H3. The molecule has 0 spiro atoms. The van der Waals surface area contributed by atoms with Crippen molar-refractivity contribution in [2.24, 2.45) is 5.92 Å². The van der Waals surface area contributed by atoms with E-state index in [9.17, 15) is 4.79 Å². The van der Waals surface area contributed by atoms with Crippen LogP contribution in [-0.2, 0) is 16.0 Å². The number of aromatic nitrogens is 3. The maximum atomic E-state index is 11.7. The second-order valence-corrected chi connectivity index (χ2v) is 4.56. The molecule has 1 aromatic heterocycles. The van der Waals surface area contributed by atoms with E-state index in [1.54, 1.807) is 11.8 Å². The summed E-state index contributed by atoms with van der Waals surface area (Å²) in [5, 5.41) is 7.84. The number of hydrogen-bond acceptors (Lipinski definition) is 5. The Morgan fingerprint density at radius 3 is 2.72 bits per heavy atom. The molecule has 1 aromatic rings. The SMILES string of the molecule is COCCOC(=O)c1nnn(CCC(C)C)c1C. The van der Waals surface area contributed by atoms with Gasteiger partial charge in [-0.3, -0.25) is 0 Å². The molecule has 0 unspecified atom stereocenters. The van der Waals surface area contributed by atoms with Crippen LogP contribution < -0.4 is 0 Å². The fourth-order valence-electron chi connectivity index (χ4n) is 1.43. The van der Waals surface area contributed by atoms with Crippen LogP contribution in [0, 0.1) is 12.8 Å². The Morgan fingerprint density at radius 1 is 1.39 bits per heavy atom. The van der Waals surface area contributed by atoms with Gasteiger partial charge in [-0.1, -0.05) is 19.1 Å². The van der Waals surface area contributed by atoms with Crippen molar-refractivity contribution in [3.05, 3.63) is 11.4 Å².